The highest BCUT2D eigenvalue weighted by Gasteiger charge is 2.05. The average Bonchev–Trinajstić information content (AvgIpc) is 2.78. The highest BCUT2D eigenvalue weighted by molar-refractivity contribution is 9.10. The van der Waals surface area contributed by atoms with Crippen LogP contribution in [0.2, 0.25) is 0 Å². The van der Waals surface area contributed by atoms with Gasteiger partial charge in [0.2, 0.25) is 0 Å². The summed E-state index contributed by atoms with van der Waals surface area (Å²) in [5, 5.41) is 3.03. The molecule has 1 aromatic carbocycles. The summed E-state index contributed by atoms with van der Waals surface area (Å²) in [5.74, 6) is 0. The van der Waals surface area contributed by atoms with Gasteiger partial charge in [-0.25, -0.2) is 0 Å². The normalized spacial score (nSPS) is 10.8. The van der Waals surface area contributed by atoms with Gasteiger partial charge >= 0.3 is 0 Å². The molecule has 6 heteroatoms. The van der Waals surface area contributed by atoms with Crippen LogP contribution in [0, 0.1) is 0 Å². The third-order valence-corrected chi connectivity index (χ3v) is 3.11. The zero-order valence-electron chi connectivity index (χ0n) is 9.81. The van der Waals surface area contributed by atoms with E-state index in [1.165, 1.54) is 12.1 Å². The number of aromatic nitrogens is 2. The van der Waals surface area contributed by atoms with Crippen molar-refractivity contribution in [2.75, 3.05) is 5.32 Å². The van der Waals surface area contributed by atoms with Crippen LogP contribution in [-0.2, 0) is 6.54 Å². The molecule has 0 amide bonds. The van der Waals surface area contributed by atoms with E-state index >= 15 is 0 Å². The monoisotopic (exact) mass is 319 g/mol. The molecule has 0 spiro atoms. The van der Waals surface area contributed by atoms with Gasteiger partial charge in [-0.1, -0.05) is 15.9 Å². The van der Waals surface area contributed by atoms with E-state index in [0.717, 1.165) is 15.7 Å². The quantitative estimate of drug-likeness (QED) is 0.778. The first-order valence-corrected chi connectivity index (χ1v) is 6.47. The lowest BCUT2D eigenvalue weighted by molar-refractivity contribution is 0.613. The van der Waals surface area contributed by atoms with Crippen molar-refractivity contribution in [3.63, 3.8) is 0 Å². The van der Waals surface area contributed by atoms with Crippen LogP contribution < -0.4 is 10.7 Å². The van der Waals surface area contributed by atoms with E-state index in [0.29, 0.717) is 18.1 Å². The van der Waals surface area contributed by atoms with Crippen molar-refractivity contribution in [1.82, 2.24) is 9.97 Å². The topological polar surface area (TPSA) is 70.9 Å². The Bertz CT molecular complexity index is 779. The minimum absolute atomic E-state index is 0.0305. The van der Waals surface area contributed by atoms with Crippen molar-refractivity contribution < 1.29 is 4.42 Å². The Balaban J connectivity index is 1.80. The summed E-state index contributed by atoms with van der Waals surface area (Å²) in [6.45, 7) is 0.448. The number of hydrogen-bond donors (Lipinski definition) is 2. The van der Waals surface area contributed by atoms with Gasteiger partial charge in [0.1, 0.15) is 5.52 Å². The highest BCUT2D eigenvalue weighted by atomic mass is 79.9. The fourth-order valence-corrected chi connectivity index (χ4v) is 2.09. The highest BCUT2D eigenvalue weighted by Crippen LogP contribution is 2.22. The molecule has 3 aromatic rings. The van der Waals surface area contributed by atoms with Gasteiger partial charge in [-0.3, -0.25) is 4.79 Å². The molecular weight excluding hydrogens is 310 g/mol. The molecule has 0 aliphatic heterocycles. The lowest BCUT2D eigenvalue weighted by Crippen LogP contribution is -2.06. The Hall–Kier alpha value is -2.08. The van der Waals surface area contributed by atoms with Gasteiger partial charge in [-0.05, 0) is 18.2 Å². The number of benzene rings is 1. The second kappa shape index (κ2) is 4.89. The first-order valence-electron chi connectivity index (χ1n) is 5.68. The third-order valence-electron chi connectivity index (χ3n) is 2.61. The maximum absolute atomic E-state index is 11.2. The van der Waals surface area contributed by atoms with E-state index < -0.39 is 0 Å². The number of fused-ring (bicyclic) bond motifs is 1. The minimum Gasteiger partial charge on any atom is -0.424 e. The molecule has 0 aliphatic carbocycles. The molecule has 5 nitrogen and oxygen atoms in total. The largest absolute Gasteiger partial charge is 0.424 e. The van der Waals surface area contributed by atoms with Crippen molar-refractivity contribution in [1.29, 1.82) is 0 Å². The molecule has 2 aromatic heterocycles. The van der Waals surface area contributed by atoms with Gasteiger partial charge < -0.3 is 14.7 Å². The first-order chi connectivity index (χ1) is 9.20. The molecule has 0 radical (unpaired) electrons. The van der Waals surface area contributed by atoms with Crippen LogP contribution in [0.5, 0.6) is 0 Å². The fraction of sp³-hybridized carbons (Fsp3) is 0.0769. The molecule has 0 saturated heterocycles. The standard InChI is InChI=1S/C13H10BrN3O2/c14-8-1-2-12-11(5-8)17-13(19-12)16-7-9-6-10(18)3-4-15-9/h1-6H,7H2,(H,15,18)(H,16,17). The second-order valence-electron chi connectivity index (χ2n) is 4.03. The van der Waals surface area contributed by atoms with Gasteiger partial charge in [0.25, 0.3) is 6.01 Å². The molecule has 2 heterocycles. The van der Waals surface area contributed by atoms with Crippen LogP contribution in [0.25, 0.3) is 11.1 Å². The lowest BCUT2D eigenvalue weighted by atomic mass is 10.3. The maximum atomic E-state index is 11.2. The smallest absolute Gasteiger partial charge is 0.296 e. The second-order valence-corrected chi connectivity index (χ2v) is 4.95. The number of oxazole rings is 1. The van der Waals surface area contributed by atoms with Crippen molar-refractivity contribution in [3.05, 3.63) is 56.9 Å². The van der Waals surface area contributed by atoms with Crippen LogP contribution in [0.1, 0.15) is 5.69 Å². The van der Waals surface area contributed by atoms with Crippen LogP contribution in [0.4, 0.5) is 6.01 Å². The zero-order chi connectivity index (χ0) is 13.2. The van der Waals surface area contributed by atoms with Crippen molar-refractivity contribution >= 4 is 33.0 Å². The molecule has 0 saturated carbocycles. The zero-order valence-corrected chi connectivity index (χ0v) is 11.4. The Morgan fingerprint density at radius 1 is 1.32 bits per heavy atom. The number of rotatable bonds is 3. The van der Waals surface area contributed by atoms with Crippen LogP contribution in [-0.4, -0.2) is 9.97 Å². The summed E-state index contributed by atoms with van der Waals surface area (Å²) in [4.78, 5) is 18.5. The number of nitrogens with one attached hydrogen (secondary N) is 2. The molecule has 96 valence electrons. The van der Waals surface area contributed by atoms with Crippen LogP contribution >= 0.6 is 15.9 Å². The Kier molecular flexibility index (Phi) is 3.08. The van der Waals surface area contributed by atoms with Gasteiger partial charge in [0.05, 0.1) is 6.54 Å². The molecular formula is C13H10BrN3O2. The van der Waals surface area contributed by atoms with Crippen LogP contribution in [0.15, 0.2) is 50.2 Å². The number of halogens is 1. The van der Waals surface area contributed by atoms with E-state index in [9.17, 15) is 4.79 Å². The first kappa shape index (κ1) is 12.0. The fourth-order valence-electron chi connectivity index (χ4n) is 1.74. The predicted molar refractivity (Wildman–Crippen MR) is 76.1 cm³/mol. The Labute approximate surface area is 116 Å². The van der Waals surface area contributed by atoms with E-state index in [2.05, 4.69) is 31.2 Å². The van der Waals surface area contributed by atoms with E-state index in [4.69, 9.17) is 4.42 Å². The summed E-state index contributed by atoms with van der Waals surface area (Å²) in [5.41, 5.74) is 2.23. The average molecular weight is 320 g/mol. The number of H-pyrrole nitrogens is 1. The van der Waals surface area contributed by atoms with Gasteiger partial charge in [0, 0.05) is 28.5 Å². The van der Waals surface area contributed by atoms with Crippen LogP contribution in [0.3, 0.4) is 0 Å². The minimum atomic E-state index is -0.0305. The molecule has 2 N–H and O–H groups in total. The molecule has 0 bridgehead atoms. The molecule has 0 fully saturated rings. The summed E-state index contributed by atoms with van der Waals surface area (Å²) >= 11 is 3.38. The van der Waals surface area contributed by atoms with Crippen molar-refractivity contribution in [2.24, 2.45) is 0 Å². The molecule has 0 atom stereocenters. The van der Waals surface area contributed by atoms with E-state index in [1.807, 2.05) is 18.2 Å². The predicted octanol–water partition coefficient (Wildman–Crippen LogP) is 2.89. The Morgan fingerprint density at radius 3 is 3.05 bits per heavy atom. The van der Waals surface area contributed by atoms with E-state index in [1.54, 1.807) is 6.20 Å². The summed E-state index contributed by atoms with van der Waals surface area (Å²) < 4.78 is 6.49. The molecule has 0 unspecified atom stereocenters. The molecule has 19 heavy (non-hydrogen) atoms. The van der Waals surface area contributed by atoms with Gasteiger partial charge in [-0.15, -0.1) is 0 Å². The SMILES string of the molecule is O=c1cc[nH]c(CNc2nc3cc(Br)ccc3o2)c1. The summed E-state index contributed by atoms with van der Waals surface area (Å²) in [6.07, 6.45) is 1.61. The number of aromatic amines is 1. The van der Waals surface area contributed by atoms with Gasteiger partial charge in [-0.2, -0.15) is 4.98 Å². The van der Waals surface area contributed by atoms with E-state index in [-0.39, 0.29) is 5.43 Å². The molecule has 3 rings (SSSR count). The number of hydrogen-bond acceptors (Lipinski definition) is 4. The summed E-state index contributed by atoms with van der Waals surface area (Å²) in [7, 11) is 0. The molecule has 0 aliphatic rings. The van der Waals surface area contributed by atoms with Crippen molar-refractivity contribution in [3.8, 4) is 0 Å². The Morgan fingerprint density at radius 2 is 2.21 bits per heavy atom. The maximum Gasteiger partial charge on any atom is 0.296 e. The summed E-state index contributed by atoms with van der Waals surface area (Å²) in [6, 6.07) is 9.06. The van der Waals surface area contributed by atoms with Crippen molar-refractivity contribution in [2.45, 2.75) is 6.54 Å². The number of anilines is 1. The van der Waals surface area contributed by atoms with Gasteiger partial charge in [0.15, 0.2) is 11.0 Å². The lowest BCUT2D eigenvalue weighted by Gasteiger charge is -2.00. The third kappa shape index (κ3) is 2.68. The number of pyridine rings is 1. The number of nitrogens with zero attached hydrogens (tertiary/aromatic N) is 1.